The van der Waals surface area contributed by atoms with Crippen molar-refractivity contribution in [1.29, 1.82) is 0 Å². The number of piperidine rings is 1. The van der Waals surface area contributed by atoms with Gasteiger partial charge in [-0.3, -0.25) is 9.69 Å². The van der Waals surface area contributed by atoms with Gasteiger partial charge in [0.25, 0.3) is 0 Å². The number of nitrogens with two attached hydrogens (primary N) is 1. The predicted molar refractivity (Wildman–Crippen MR) is 84.0 cm³/mol. The number of nitrogens with zero attached hydrogens (tertiary/aromatic N) is 3. The lowest BCUT2D eigenvalue weighted by Crippen LogP contribution is -2.45. The molecule has 0 aliphatic carbocycles. The largest absolute Gasteiger partial charge is 0.330 e. The molecule has 2 heterocycles. The third-order valence-electron chi connectivity index (χ3n) is 4.29. The zero-order chi connectivity index (χ0) is 15.4. The molecule has 6 heteroatoms. The van der Waals surface area contributed by atoms with Gasteiger partial charge < -0.3 is 11.1 Å². The van der Waals surface area contributed by atoms with Crippen molar-refractivity contribution < 1.29 is 4.79 Å². The molecule has 0 spiro atoms. The number of aromatic nitrogens is 2. The molecule has 1 aromatic heterocycles. The van der Waals surface area contributed by atoms with Crippen LogP contribution in [-0.2, 0) is 4.79 Å². The van der Waals surface area contributed by atoms with Crippen LogP contribution >= 0.6 is 0 Å². The number of likely N-dealkylation sites (tertiary alicyclic amines) is 1. The number of nitrogens with one attached hydrogen (secondary N) is 1. The van der Waals surface area contributed by atoms with E-state index in [1.54, 1.807) is 6.20 Å². The number of carbonyl (C=O) groups excluding carboxylic acids is 1. The second kappa shape index (κ2) is 7.04. The van der Waals surface area contributed by atoms with Crippen LogP contribution in [0.15, 0.2) is 12.3 Å². The van der Waals surface area contributed by atoms with E-state index in [-0.39, 0.29) is 11.9 Å². The summed E-state index contributed by atoms with van der Waals surface area (Å²) < 4.78 is 1.82. The Morgan fingerprint density at radius 1 is 1.57 bits per heavy atom. The van der Waals surface area contributed by atoms with Crippen molar-refractivity contribution in [2.45, 2.75) is 33.2 Å². The van der Waals surface area contributed by atoms with Gasteiger partial charge in [-0.25, -0.2) is 4.68 Å². The Labute approximate surface area is 126 Å². The summed E-state index contributed by atoms with van der Waals surface area (Å²) in [6.07, 6.45) is 2.82. The molecular formula is C15H27N5O. The minimum absolute atomic E-state index is 0.0164. The summed E-state index contributed by atoms with van der Waals surface area (Å²) in [5.74, 6) is 1.92. The van der Waals surface area contributed by atoms with Crippen molar-refractivity contribution in [3.63, 3.8) is 0 Å². The molecule has 1 aliphatic heterocycles. The summed E-state index contributed by atoms with van der Waals surface area (Å²) in [5.41, 5.74) is 5.81. The van der Waals surface area contributed by atoms with E-state index in [9.17, 15) is 4.79 Å². The van der Waals surface area contributed by atoms with Crippen molar-refractivity contribution in [1.82, 2.24) is 14.7 Å². The van der Waals surface area contributed by atoms with Crippen LogP contribution in [0.4, 0.5) is 5.82 Å². The third kappa shape index (κ3) is 4.04. The minimum Gasteiger partial charge on any atom is -0.330 e. The van der Waals surface area contributed by atoms with Crippen LogP contribution in [0.2, 0.25) is 0 Å². The molecule has 1 aromatic rings. The highest BCUT2D eigenvalue weighted by Crippen LogP contribution is 2.22. The number of rotatable bonds is 5. The second-order valence-corrected chi connectivity index (χ2v) is 6.30. The number of anilines is 1. The summed E-state index contributed by atoms with van der Waals surface area (Å²) in [6.45, 7) is 9.33. The summed E-state index contributed by atoms with van der Waals surface area (Å²) >= 11 is 0. The fourth-order valence-corrected chi connectivity index (χ4v) is 2.89. The monoisotopic (exact) mass is 293 g/mol. The Bertz CT molecular complexity index is 470. The molecule has 0 aromatic carbocycles. The number of hydrogen-bond donors (Lipinski definition) is 2. The fraction of sp³-hybridized carbons (Fsp3) is 0.733. The first-order valence-electron chi connectivity index (χ1n) is 7.77. The summed E-state index contributed by atoms with van der Waals surface area (Å²) in [5, 5.41) is 7.17. The highest BCUT2D eigenvalue weighted by Gasteiger charge is 2.26. The lowest BCUT2D eigenvalue weighted by Gasteiger charge is -2.36. The van der Waals surface area contributed by atoms with Crippen LogP contribution in [0, 0.1) is 11.8 Å². The van der Waals surface area contributed by atoms with Gasteiger partial charge in [0, 0.05) is 18.7 Å². The van der Waals surface area contributed by atoms with Gasteiger partial charge in [-0.05, 0) is 45.2 Å². The van der Waals surface area contributed by atoms with Gasteiger partial charge in [0.05, 0.1) is 12.7 Å². The van der Waals surface area contributed by atoms with Crippen LogP contribution in [0.1, 0.15) is 33.2 Å². The molecule has 2 rings (SSSR count). The molecule has 118 valence electrons. The van der Waals surface area contributed by atoms with Crippen molar-refractivity contribution in [2.24, 2.45) is 17.6 Å². The van der Waals surface area contributed by atoms with Gasteiger partial charge in [-0.2, -0.15) is 5.10 Å². The summed E-state index contributed by atoms with van der Waals surface area (Å²) in [6, 6.07) is 2.06. The topological polar surface area (TPSA) is 76.2 Å². The lowest BCUT2D eigenvalue weighted by molar-refractivity contribution is -0.117. The zero-order valence-electron chi connectivity index (χ0n) is 13.2. The Hall–Kier alpha value is -1.40. The first kappa shape index (κ1) is 16.0. The van der Waals surface area contributed by atoms with E-state index in [0.29, 0.717) is 24.9 Å². The average molecular weight is 293 g/mol. The Kier molecular flexibility index (Phi) is 5.36. The Morgan fingerprint density at radius 2 is 2.33 bits per heavy atom. The maximum Gasteiger partial charge on any atom is 0.239 e. The van der Waals surface area contributed by atoms with E-state index in [1.807, 2.05) is 24.6 Å². The summed E-state index contributed by atoms with van der Waals surface area (Å²) in [4.78, 5) is 14.4. The van der Waals surface area contributed by atoms with Crippen LogP contribution < -0.4 is 11.1 Å². The molecule has 1 saturated heterocycles. The molecule has 0 bridgehead atoms. The SMILES string of the molecule is CC1CCN(CC(=O)Nc2ccnn2C(C)C)CC1CN. The Balaban J connectivity index is 1.88. The van der Waals surface area contributed by atoms with E-state index in [1.165, 1.54) is 0 Å². The molecule has 21 heavy (non-hydrogen) atoms. The number of carbonyl (C=O) groups is 1. The molecule has 3 N–H and O–H groups in total. The van der Waals surface area contributed by atoms with Gasteiger partial charge in [0.1, 0.15) is 5.82 Å². The lowest BCUT2D eigenvalue weighted by atomic mass is 9.87. The van der Waals surface area contributed by atoms with Crippen LogP contribution in [-0.4, -0.2) is 46.8 Å². The molecule has 1 amide bonds. The van der Waals surface area contributed by atoms with Gasteiger partial charge in [0.2, 0.25) is 5.91 Å². The van der Waals surface area contributed by atoms with E-state index < -0.39 is 0 Å². The maximum absolute atomic E-state index is 12.2. The van der Waals surface area contributed by atoms with E-state index in [4.69, 9.17) is 5.73 Å². The molecule has 2 atom stereocenters. The normalized spacial score (nSPS) is 23.5. The predicted octanol–water partition coefficient (Wildman–Crippen LogP) is 1.32. The van der Waals surface area contributed by atoms with E-state index >= 15 is 0 Å². The van der Waals surface area contributed by atoms with Crippen LogP contribution in [0.3, 0.4) is 0 Å². The standard InChI is InChI=1S/C15H27N5O/c1-11(2)20-14(4-6-17-20)18-15(21)10-19-7-5-12(3)13(8-16)9-19/h4,6,11-13H,5,7-10,16H2,1-3H3,(H,18,21). The zero-order valence-corrected chi connectivity index (χ0v) is 13.2. The van der Waals surface area contributed by atoms with Gasteiger partial charge in [0.15, 0.2) is 0 Å². The number of amides is 1. The molecule has 0 radical (unpaired) electrons. The first-order chi connectivity index (χ1) is 10.0. The molecular weight excluding hydrogens is 266 g/mol. The molecule has 6 nitrogen and oxygen atoms in total. The minimum atomic E-state index is 0.0164. The third-order valence-corrected chi connectivity index (χ3v) is 4.29. The van der Waals surface area contributed by atoms with Crippen molar-refractivity contribution >= 4 is 11.7 Å². The maximum atomic E-state index is 12.2. The fourth-order valence-electron chi connectivity index (χ4n) is 2.89. The van der Waals surface area contributed by atoms with E-state index in [0.717, 1.165) is 25.3 Å². The molecule has 0 saturated carbocycles. The Morgan fingerprint density at radius 3 is 3.00 bits per heavy atom. The van der Waals surface area contributed by atoms with Crippen molar-refractivity contribution in [3.05, 3.63) is 12.3 Å². The first-order valence-corrected chi connectivity index (χ1v) is 7.77. The highest BCUT2D eigenvalue weighted by molar-refractivity contribution is 5.91. The van der Waals surface area contributed by atoms with Gasteiger partial charge in [-0.15, -0.1) is 0 Å². The highest BCUT2D eigenvalue weighted by atomic mass is 16.2. The van der Waals surface area contributed by atoms with E-state index in [2.05, 4.69) is 22.2 Å². The van der Waals surface area contributed by atoms with Crippen molar-refractivity contribution in [2.75, 3.05) is 31.5 Å². The second-order valence-electron chi connectivity index (χ2n) is 6.30. The number of hydrogen-bond acceptors (Lipinski definition) is 4. The van der Waals surface area contributed by atoms with Gasteiger partial charge in [-0.1, -0.05) is 6.92 Å². The molecule has 1 aliphatic rings. The smallest absolute Gasteiger partial charge is 0.239 e. The molecule has 1 fully saturated rings. The van der Waals surface area contributed by atoms with Gasteiger partial charge >= 0.3 is 0 Å². The van der Waals surface area contributed by atoms with Crippen molar-refractivity contribution in [3.8, 4) is 0 Å². The quantitative estimate of drug-likeness (QED) is 0.858. The average Bonchev–Trinajstić information content (AvgIpc) is 2.89. The van der Waals surface area contributed by atoms with Crippen LogP contribution in [0.5, 0.6) is 0 Å². The van der Waals surface area contributed by atoms with Crippen LogP contribution in [0.25, 0.3) is 0 Å². The summed E-state index contributed by atoms with van der Waals surface area (Å²) in [7, 11) is 0. The molecule has 2 unspecified atom stereocenters.